The molecule has 1 fully saturated rings. The predicted octanol–water partition coefficient (Wildman–Crippen LogP) is 4.14. The number of anilines is 1. The molecule has 0 N–H and O–H groups in total. The minimum atomic E-state index is 0.660. The van der Waals surface area contributed by atoms with Gasteiger partial charge in [-0.3, -0.25) is 0 Å². The number of rotatable bonds is 6. The highest BCUT2D eigenvalue weighted by Gasteiger charge is 2.22. The van der Waals surface area contributed by atoms with E-state index < -0.39 is 0 Å². The Morgan fingerprint density at radius 3 is 2.74 bits per heavy atom. The van der Waals surface area contributed by atoms with Crippen molar-refractivity contribution < 1.29 is 4.74 Å². The Bertz CT molecular complexity index is 612. The number of hydrogen-bond acceptors (Lipinski definition) is 6. The fraction of sp³-hybridized carbons (Fsp3) is 0.500. The number of methoxy groups -OCH3 is 1. The number of thioether (sulfide) groups is 1. The van der Waals surface area contributed by atoms with E-state index in [-0.39, 0.29) is 0 Å². The number of aromatic nitrogens is 2. The molecule has 0 radical (unpaired) electrons. The average molecular weight is 370 g/mol. The molecule has 23 heavy (non-hydrogen) atoms. The Balaban J connectivity index is 1.50. The first kappa shape index (κ1) is 17.0. The molecule has 7 heteroatoms. The van der Waals surface area contributed by atoms with Crippen LogP contribution in [-0.2, 0) is 11.2 Å². The van der Waals surface area contributed by atoms with Gasteiger partial charge in [0.25, 0.3) is 0 Å². The van der Waals surface area contributed by atoms with Crippen LogP contribution in [0.1, 0.15) is 18.7 Å². The van der Waals surface area contributed by atoms with Crippen molar-refractivity contribution in [1.82, 2.24) is 9.36 Å². The molecule has 3 rings (SSSR count). The van der Waals surface area contributed by atoms with E-state index in [9.17, 15) is 0 Å². The van der Waals surface area contributed by atoms with Crippen LogP contribution >= 0.6 is 34.9 Å². The molecule has 0 amide bonds. The fourth-order valence-electron chi connectivity index (χ4n) is 2.54. The zero-order valence-electron chi connectivity index (χ0n) is 13.1. The van der Waals surface area contributed by atoms with E-state index in [0.29, 0.717) is 11.9 Å². The summed E-state index contributed by atoms with van der Waals surface area (Å²) in [5.41, 5.74) is 0. The third-order valence-electron chi connectivity index (χ3n) is 3.82. The van der Waals surface area contributed by atoms with Crippen LogP contribution in [0.15, 0.2) is 29.2 Å². The average Bonchev–Trinajstić information content (AvgIpc) is 3.05. The molecule has 1 aromatic heterocycles. The second kappa shape index (κ2) is 8.33. The lowest BCUT2D eigenvalue weighted by molar-refractivity contribution is 0.201. The Labute approximate surface area is 150 Å². The monoisotopic (exact) mass is 369 g/mol. The van der Waals surface area contributed by atoms with E-state index in [0.717, 1.165) is 35.5 Å². The molecule has 2 heterocycles. The maximum atomic E-state index is 5.94. The lowest BCUT2D eigenvalue weighted by Crippen LogP contribution is -2.34. The third-order valence-corrected chi connectivity index (χ3v) is 6.23. The van der Waals surface area contributed by atoms with Crippen molar-refractivity contribution >= 4 is 40.0 Å². The predicted molar refractivity (Wildman–Crippen MR) is 98.0 cm³/mol. The molecular formula is C16H20ClN3OS2. The van der Waals surface area contributed by atoms with Crippen molar-refractivity contribution in [2.75, 3.05) is 31.7 Å². The van der Waals surface area contributed by atoms with Crippen molar-refractivity contribution in [3.8, 4) is 0 Å². The Morgan fingerprint density at radius 2 is 2.04 bits per heavy atom. The van der Waals surface area contributed by atoms with Gasteiger partial charge in [-0.25, -0.2) is 4.98 Å². The molecule has 1 aliphatic rings. The summed E-state index contributed by atoms with van der Waals surface area (Å²) in [6.07, 6.45) is 3.12. The fourth-order valence-corrected chi connectivity index (χ4v) is 4.55. The maximum Gasteiger partial charge on any atom is 0.205 e. The quantitative estimate of drug-likeness (QED) is 0.765. The van der Waals surface area contributed by atoms with Gasteiger partial charge in [-0.05, 0) is 37.1 Å². The molecule has 0 saturated carbocycles. The maximum absolute atomic E-state index is 5.94. The summed E-state index contributed by atoms with van der Waals surface area (Å²) in [5.74, 6) is 0.893. The minimum absolute atomic E-state index is 0.660. The highest BCUT2D eigenvalue weighted by molar-refractivity contribution is 8.00. The first-order valence-corrected chi connectivity index (χ1v) is 9.76. The lowest BCUT2D eigenvalue weighted by atomic mass is 10.1. The van der Waals surface area contributed by atoms with E-state index in [2.05, 4.69) is 26.4 Å². The van der Waals surface area contributed by atoms with Gasteiger partial charge in [0.1, 0.15) is 5.82 Å². The summed E-state index contributed by atoms with van der Waals surface area (Å²) in [5, 5.41) is 2.50. The molecule has 124 valence electrons. The summed E-state index contributed by atoms with van der Waals surface area (Å²) in [6.45, 7) is 2.77. The van der Waals surface area contributed by atoms with Gasteiger partial charge >= 0.3 is 0 Å². The summed E-state index contributed by atoms with van der Waals surface area (Å²) in [7, 11) is 1.70. The Kier molecular flexibility index (Phi) is 6.16. The van der Waals surface area contributed by atoms with Crippen LogP contribution < -0.4 is 4.90 Å². The largest absolute Gasteiger partial charge is 0.384 e. The van der Waals surface area contributed by atoms with Crippen molar-refractivity contribution in [3.63, 3.8) is 0 Å². The first-order valence-electron chi connectivity index (χ1n) is 7.73. The molecule has 1 aliphatic heterocycles. The number of piperidine rings is 1. The van der Waals surface area contributed by atoms with Crippen LogP contribution in [-0.4, -0.2) is 41.4 Å². The van der Waals surface area contributed by atoms with Crippen LogP contribution in [0.3, 0.4) is 0 Å². The van der Waals surface area contributed by atoms with Gasteiger partial charge in [-0.15, -0.1) is 11.8 Å². The molecule has 4 nitrogen and oxygen atoms in total. The Hall–Kier alpha value is -0.820. The number of halogens is 1. The van der Waals surface area contributed by atoms with E-state index in [1.807, 2.05) is 23.9 Å². The van der Waals surface area contributed by atoms with Gasteiger partial charge in [0, 0.05) is 53.3 Å². The Morgan fingerprint density at radius 1 is 1.30 bits per heavy atom. The number of hydrogen-bond donors (Lipinski definition) is 0. The SMILES string of the molecule is COCCc1nsc(N2CCC(Sc3ccc(Cl)cc3)CC2)n1. The van der Waals surface area contributed by atoms with Crippen LogP contribution in [0.4, 0.5) is 5.13 Å². The molecule has 0 unspecified atom stereocenters. The normalized spacial score (nSPS) is 16.0. The van der Waals surface area contributed by atoms with Crippen molar-refractivity contribution in [2.24, 2.45) is 0 Å². The van der Waals surface area contributed by atoms with E-state index in [1.54, 1.807) is 7.11 Å². The molecule has 0 bridgehead atoms. The van der Waals surface area contributed by atoms with Crippen molar-refractivity contribution in [3.05, 3.63) is 35.1 Å². The first-order chi connectivity index (χ1) is 11.2. The highest BCUT2D eigenvalue weighted by atomic mass is 35.5. The van der Waals surface area contributed by atoms with Crippen molar-refractivity contribution in [1.29, 1.82) is 0 Å². The second-order valence-corrected chi connectivity index (χ2v) is 8.03. The summed E-state index contributed by atoms with van der Waals surface area (Å²) in [6, 6.07) is 8.13. The molecule has 0 atom stereocenters. The second-order valence-electron chi connectivity index (χ2n) is 5.49. The van der Waals surface area contributed by atoms with E-state index >= 15 is 0 Å². The molecule has 0 spiro atoms. The highest BCUT2D eigenvalue weighted by Crippen LogP contribution is 2.32. The number of nitrogens with zero attached hydrogens (tertiary/aromatic N) is 3. The van der Waals surface area contributed by atoms with Gasteiger partial charge in [-0.1, -0.05) is 11.6 Å². The van der Waals surface area contributed by atoms with Crippen LogP contribution in [0.25, 0.3) is 0 Å². The van der Waals surface area contributed by atoms with Gasteiger partial charge in [0.2, 0.25) is 5.13 Å². The molecule has 1 saturated heterocycles. The van der Waals surface area contributed by atoms with Crippen LogP contribution in [0.2, 0.25) is 5.02 Å². The van der Waals surface area contributed by atoms with E-state index in [1.165, 1.54) is 29.3 Å². The van der Waals surface area contributed by atoms with Gasteiger partial charge in [0.15, 0.2) is 0 Å². The van der Waals surface area contributed by atoms with Gasteiger partial charge in [-0.2, -0.15) is 4.37 Å². The number of ether oxygens (including phenoxy) is 1. The van der Waals surface area contributed by atoms with Crippen molar-refractivity contribution in [2.45, 2.75) is 29.4 Å². The minimum Gasteiger partial charge on any atom is -0.384 e. The molecular weight excluding hydrogens is 350 g/mol. The smallest absolute Gasteiger partial charge is 0.205 e. The zero-order chi connectivity index (χ0) is 16.1. The standard InChI is InChI=1S/C16H20ClN3OS2/c1-21-11-8-15-18-16(23-19-15)20-9-6-14(7-10-20)22-13-4-2-12(17)3-5-13/h2-5,14H,6-11H2,1H3. The summed E-state index contributed by atoms with van der Waals surface area (Å²) >= 11 is 9.39. The zero-order valence-corrected chi connectivity index (χ0v) is 15.5. The third kappa shape index (κ3) is 4.83. The summed E-state index contributed by atoms with van der Waals surface area (Å²) < 4.78 is 9.49. The molecule has 0 aliphatic carbocycles. The number of benzene rings is 1. The van der Waals surface area contributed by atoms with Crippen LogP contribution in [0, 0.1) is 0 Å². The van der Waals surface area contributed by atoms with E-state index in [4.69, 9.17) is 16.3 Å². The lowest BCUT2D eigenvalue weighted by Gasteiger charge is -2.31. The van der Waals surface area contributed by atoms with Gasteiger partial charge in [0.05, 0.1) is 6.61 Å². The molecule has 1 aromatic carbocycles. The molecule has 2 aromatic rings. The van der Waals surface area contributed by atoms with Crippen LogP contribution in [0.5, 0.6) is 0 Å². The van der Waals surface area contributed by atoms with Gasteiger partial charge < -0.3 is 9.64 Å². The summed E-state index contributed by atoms with van der Waals surface area (Å²) in [4.78, 5) is 8.27. The topological polar surface area (TPSA) is 38.2 Å².